The second kappa shape index (κ2) is 8.41. The molecule has 2 aromatic rings. The number of ether oxygens (including phenoxy) is 2. The van der Waals surface area contributed by atoms with Crippen LogP contribution in [-0.2, 0) is 13.5 Å². The Morgan fingerprint density at radius 3 is 2.74 bits per heavy atom. The third kappa shape index (κ3) is 5.01. The summed E-state index contributed by atoms with van der Waals surface area (Å²) in [4.78, 5) is 11.6. The van der Waals surface area contributed by atoms with Crippen LogP contribution >= 0.6 is 27.5 Å². The zero-order chi connectivity index (χ0) is 16.8. The van der Waals surface area contributed by atoms with Crippen molar-refractivity contribution in [3.63, 3.8) is 0 Å². The topological polar surface area (TPSA) is 40.5 Å². The molecule has 2 rings (SSSR count). The van der Waals surface area contributed by atoms with E-state index in [2.05, 4.69) is 15.9 Å². The third-order valence-electron chi connectivity index (χ3n) is 3.49. The van der Waals surface area contributed by atoms with Crippen molar-refractivity contribution < 1.29 is 9.47 Å². The molecule has 0 unspecified atom stereocenters. The fraction of sp³-hybridized carbons (Fsp3) is 0.353. The summed E-state index contributed by atoms with van der Waals surface area (Å²) in [5, 5.41) is 0.709. The van der Waals surface area contributed by atoms with Gasteiger partial charge in [-0.1, -0.05) is 11.6 Å². The Morgan fingerprint density at radius 1 is 1.22 bits per heavy atom. The minimum absolute atomic E-state index is 0.0909. The molecule has 4 nitrogen and oxygen atoms in total. The van der Waals surface area contributed by atoms with Crippen LogP contribution in [0.15, 0.2) is 39.7 Å². The molecular formula is C17H19BrClNO3. The number of pyridine rings is 1. The van der Waals surface area contributed by atoms with Crippen LogP contribution in [0.1, 0.15) is 18.4 Å². The first kappa shape index (κ1) is 17.9. The number of aryl methyl sites for hydroxylation is 2. The first-order valence-electron chi connectivity index (χ1n) is 7.32. The van der Waals surface area contributed by atoms with E-state index in [1.807, 2.05) is 18.2 Å². The fourth-order valence-corrected chi connectivity index (χ4v) is 2.96. The Labute approximate surface area is 149 Å². The lowest BCUT2D eigenvalue weighted by molar-refractivity contribution is 0.303. The SMILES string of the molecule is COc1ccc(Cl)cc1CCCCOc1cc(=O)n(C)cc1Br. The Morgan fingerprint density at radius 2 is 2.00 bits per heavy atom. The molecule has 0 N–H and O–H groups in total. The number of benzene rings is 1. The van der Waals surface area contributed by atoms with Crippen LogP contribution in [0, 0.1) is 0 Å². The van der Waals surface area contributed by atoms with E-state index < -0.39 is 0 Å². The summed E-state index contributed by atoms with van der Waals surface area (Å²) < 4.78 is 13.3. The number of unbranched alkanes of at least 4 members (excludes halogenated alkanes) is 1. The van der Waals surface area contributed by atoms with E-state index in [0.29, 0.717) is 17.4 Å². The monoisotopic (exact) mass is 399 g/mol. The number of halogens is 2. The predicted octanol–water partition coefficient (Wildman–Crippen LogP) is 4.21. The van der Waals surface area contributed by atoms with E-state index >= 15 is 0 Å². The number of aromatic nitrogens is 1. The molecule has 0 aliphatic heterocycles. The Bertz CT molecular complexity index is 730. The quantitative estimate of drug-likeness (QED) is 0.654. The number of methoxy groups -OCH3 is 1. The molecule has 0 aliphatic rings. The van der Waals surface area contributed by atoms with Gasteiger partial charge in [-0.2, -0.15) is 0 Å². The highest BCUT2D eigenvalue weighted by Gasteiger charge is 2.06. The number of hydrogen-bond acceptors (Lipinski definition) is 3. The first-order chi connectivity index (χ1) is 11.0. The zero-order valence-corrected chi connectivity index (χ0v) is 15.5. The second-order valence-corrected chi connectivity index (χ2v) is 6.49. The van der Waals surface area contributed by atoms with Crippen LogP contribution in [0.2, 0.25) is 5.02 Å². The van der Waals surface area contributed by atoms with Gasteiger partial charge in [-0.25, -0.2) is 0 Å². The van der Waals surface area contributed by atoms with Gasteiger partial charge < -0.3 is 14.0 Å². The van der Waals surface area contributed by atoms with Crippen LogP contribution in [0.4, 0.5) is 0 Å². The van der Waals surface area contributed by atoms with Crippen molar-refractivity contribution in [2.75, 3.05) is 13.7 Å². The van der Waals surface area contributed by atoms with Gasteiger partial charge in [0.15, 0.2) is 0 Å². The molecule has 0 bridgehead atoms. The highest BCUT2D eigenvalue weighted by atomic mass is 79.9. The molecule has 23 heavy (non-hydrogen) atoms. The lowest BCUT2D eigenvalue weighted by atomic mass is 10.1. The van der Waals surface area contributed by atoms with Crippen molar-refractivity contribution >= 4 is 27.5 Å². The zero-order valence-electron chi connectivity index (χ0n) is 13.1. The Kier molecular flexibility index (Phi) is 6.54. The minimum atomic E-state index is -0.0909. The van der Waals surface area contributed by atoms with Crippen LogP contribution in [-0.4, -0.2) is 18.3 Å². The molecule has 0 saturated heterocycles. The van der Waals surface area contributed by atoms with E-state index in [1.165, 1.54) is 10.6 Å². The molecule has 1 aromatic heterocycles. The smallest absolute Gasteiger partial charge is 0.254 e. The highest BCUT2D eigenvalue weighted by Crippen LogP contribution is 2.25. The lowest BCUT2D eigenvalue weighted by Crippen LogP contribution is -2.15. The molecule has 0 atom stereocenters. The van der Waals surface area contributed by atoms with Crippen molar-refractivity contribution in [2.45, 2.75) is 19.3 Å². The fourth-order valence-electron chi connectivity index (χ4n) is 2.23. The number of hydrogen-bond donors (Lipinski definition) is 0. The van der Waals surface area contributed by atoms with Gasteiger partial charge in [0, 0.05) is 24.3 Å². The molecule has 1 heterocycles. The van der Waals surface area contributed by atoms with Gasteiger partial charge in [0.25, 0.3) is 5.56 Å². The van der Waals surface area contributed by atoms with Gasteiger partial charge in [-0.05, 0) is 59.0 Å². The Balaban J connectivity index is 1.84. The summed E-state index contributed by atoms with van der Waals surface area (Å²) in [6.45, 7) is 0.550. The summed E-state index contributed by atoms with van der Waals surface area (Å²) in [5.41, 5.74) is 1.00. The Hall–Kier alpha value is -1.46. The van der Waals surface area contributed by atoms with E-state index in [0.717, 1.165) is 35.0 Å². The van der Waals surface area contributed by atoms with Crippen LogP contribution < -0.4 is 15.0 Å². The maximum atomic E-state index is 11.6. The van der Waals surface area contributed by atoms with Crippen molar-refractivity contribution in [1.82, 2.24) is 4.57 Å². The normalized spacial score (nSPS) is 10.6. The molecule has 124 valence electrons. The summed E-state index contributed by atoms with van der Waals surface area (Å²) in [5.74, 6) is 1.43. The van der Waals surface area contributed by atoms with Crippen LogP contribution in [0.3, 0.4) is 0 Å². The molecular weight excluding hydrogens is 382 g/mol. The first-order valence-corrected chi connectivity index (χ1v) is 8.49. The van der Waals surface area contributed by atoms with E-state index in [4.69, 9.17) is 21.1 Å². The number of rotatable bonds is 7. The van der Waals surface area contributed by atoms with Gasteiger partial charge in [0.2, 0.25) is 0 Å². The lowest BCUT2D eigenvalue weighted by Gasteiger charge is -2.10. The molecule has 0 radical (unpaired) electrons. The molecule has 1 aromatic carbocycles. The van der Waals surface area contributed by atoms with Crippen LogP contribution in [0.25, 0.3) is 0 Å². The minimum Gasteiger partial charge on any atom is -0.496 e. The van der Waals surface area contributed by atoms with E-state index in [1.54, 1.807) is 20.4 Å². The molecule has 0 amide bonds. The van der Waals surface area contributed by atoms with E-state index in [9.17, 15) is 4.79 Å². The highest BCUT2D eigenvalue weighted by molar-refractivity contribution is 9.10. The maximum Gasteiger partial charge on any atom is 0.254 e. The third-order valence-corrected chi connectivity index (χ3v) is 4.32. The van der Waals surface area contributed by atoms with E-state index in [-0.39, 0.29) is 5.56 Å². The maximum absolute atomic E-state index is 11.6. The van der Waals surface area contributed by atoms with Gasteiger partial charge in [0.05, 0.1) is 18.2 Å². The predicted molar refractivity (Wildman–Crippen MR) is 95.8 cm³/mol. The van der Waals surface area contributed by atoms with Crippen LogP contribution in [0.5, 0.6) is 11.5 Å². The molecule has 0 saturated carbocycles. The summed E-state index contributed by atoms with van der Waals surface area (Å²) in [6.07, 6.45) is 4.38. The molecule has 0 aliphatic carbocycles. The summed E-state index contributed by atoms with van der Waals surface area (Å²) >= 11 is 9.42. The van der Waals surface area contributed by atoms with Crippen molar-refractivity contribution in [2.24, 2.45) is 7.05 Å². The average molecular weight is 401 g/mol. The molecule has 0 fully saturated rings. The standard InChI is InChI=1S/C17H19BrClNO3/c1-20-11-14(18)16(10-17(20)21)23-8-4-3-5-12-9-13(19)6-7-15(12)22-2/h6-7,9-11H,3-5,8H2,1-2H3. The summed E-state index contributed by atoms with van der Waals surface area (Å²) in [7, 11) is 3.36. The van der Waals surface area contributed by atoms with Gasteiger partial charge >= 0.3 is 0 Å². The van der Waals surface area contributed by atoms with Crippen molar-refractivity contribution in [3.05, 3.63) is 55.9 Å². The average Bonchev–Trinajstić information content (AvgIpc) is 2.52. The van der Waals surface area contributed by atoms with Gasteiger partial charge in [-0.15, -0.1) is 0 Å². The number of nitrogens with zero attached hydrogens (tertiary/aromatic N) is 1. The largest absolute Gasteiger partial charge is 0.496 e. The molecule has 0 spiro atoms. The van der Waals surface area contributed by atoms with Gasteiger partial charge in [0.1, 0.15) is 11.5 Å². The van der Waals surface area contributed by atoms with Crippen molar-refractivity contribution in [1.29, 1.82) is 0 Å². The molecule has 6 heteroatoms. The second-order valence-electron chi connectivity index (χ2n) is 5.20. The van der Waals surface area contributed by atoms with Crippen molar-refractivity contribution in [3.8, 4) is 11.5 Å². The van der Waals surface area contributed by atoms with Gasteiger partial charge in [-0.3, -0.25) is 4.79 Å². The summed E-state index contributed by atoms with van der Waals surface area (Å²) in [6, 6.07) is 7.12.